The number of hydrogen-bond acceptors (Lipinski definition) is 3. The monoisotopic (exact) mass is 376 g/mol. The zero-order valence-electron chi connectivity index (χ0n) is 17.1. The molecule has 0 spiro atoms. The van der Waals surface area contributed by atoms with E-state index < -0.39 is 0 Å². The number of Topliss-reactive ketones (excluding diaryl/α,β-unsaturated/α-hetero) is 1. The highest BCUT2D eigenvalue weighted by Crippen LogP contribution is 2.37. The number of hydrogen-bond donors (Lipinski definition) is 0. The molecule has 3 heteroatoms. The molecule has 5 rings (SSSR count). The molecule has 2 aliphatic carbocycles. The van der Waals surface area contributed by atoms with E-state index in [9.17, 15) is 4.79 Å². The van der Waals surface area contributed by atoms with Crippen molar-refractivity contribution in [3.63, 3.8) is 0 Å². The molecular formula is C25H32N2O. The van der Waals surface area contributed by atoms with Crippen molar-refractivity contribution in [1.29, 1.82) is 0 Å². The zero-order valence-corrected chi connectivity index (χ0v) is 17.1. The molecule has 2 aromatic carbocycles. The van der Waals surface area contributed by atoms with E-state index in [0.717, 1.165) is 31.1 Å². The van der Waals surface area contributed by atoms with Crippen LogP contribution in [0, 0.1) is 5.92 Å². The summed E-state index contributed by atoms with van der Waals surface area (Å²) in [6.07, 6.45) is 8.92. The van der Waals surface area contributed by atoms with Crippen molar-refractivity contribution in [1.82, 2.24) is 4.90 Å². The number of carbonyl (C=O) groups excluding carboxylic acids is 1. The van der Waals surface area contributed by atoms with Crippen LogP contribution in [0.1, 0.15) is 61.4 Å². The van der Waals surface area contributed by atoms with Gasteiger partial charge in [-0.1, -0.05) is 43.5 Å². The van der Waals surface area contributed by atoms with Crippen molar-refractivity contribution in [2.24, 2.45) is 5.92 Å². The SMILES string of the molecule is CC(C1CCCCC1)N1CCCN(c2ccc3c4c(cccc24)C(=O)C3)CC1. The quantitative estimate of drug-likeness (QED) is 0.748. The van der Waals surface area contributed by atoms with Crippen LogP contribution < -0.4 is 4.90 Å². The molecule has 0 bridgehead atoms. The maximum atomic E-state index is 12.3. The van der Waals surface area contributed by atoms with E-state index >= 15 is 0 Å². The smallest absolute Gasteiger partial charge is 0.167 e. The summed E-state index contributed by atoms with van der Waals surface area (Å²) < 4.78 is 0. The largest absolute Gasteiger partial charge is 0.370 e. The summed E-state index contributed by atoms with van der Waals surface area (Å²) in [4.78, 5) is 17.7. The van der Waals surface area contributed by atoms with Crippen molar-refractivity contribution in [2.45, 2.75) is 57.9 Å². The molecule has 1 unspecified atom stereocenters. The predicted molar refractivity (Wildman–Crippen MR) is 116 cm³/mol. The topological polar surface area (TPSA) is 23.6 Å². The number of nitrogens with zero attached hydrogens (tertiary/aromatic N) is 2. The summed E-state index contributed by atoms with van der Waals surface area (Å²) in [5.41, 5.74) is 3.46. The first-order valence-corrected chi connectivity index (χ1v) is 11.3. The molecule has 0 aromatic heterocycles. The summed E-state index contributed by atoms with van der Waals surface area (Å²) in [6.45, 7) is 7.04. The Balaban J connectivity index is 1.37. The fourth-order valence-corrected chi connectivity index (χ4v) is 5.89. The number of rotatable bonds is 3. The van der Waals surface area contributed by atoms with Crippen molar-refractivity contribution in [3.05, 3.63) is 41.5 Å². The van der Waals surface area contributed by atoms with Crippen LogP contribution in [0.4, 0.5) is 5.69 Å². The van der Waals surface area contributed by atoms with Crippen LogP contribution in [0.3, 0.4) is 0 Å². The van der Waals surface area contributed by atoms with Crippen molar-refractivity contribution in [2.75, 3.05) is 31.1 Å². The molecule has 1 saturated carbocycles. The molecule has 0 N–H and O–H groups in total. The summed E-state index contributed by atoms with van der Waals surface area (Å²) in [5.74, 6) is 1.17. The number of benzene rings is 2. The van der Waals surface area contributed by atoms with E-state index in [1.165, 1.54) is 67.1 Å². The lowest BCUT2D eigenvalue weighted by atomic mass is 9.84. The molecule has 3 nitrogen and oxygen atoms in total. The lowest BCUT2D eigenvalue weighted by Crippen LogP contribution is -2.41. The minimum absolute atomic E-state index is 0.279. The van der Waals surface area contributed by atoms with Crippen LogP contribution in [0.25, 0.3) is 10.8 Å². The Kier molecular flexibility index (Phi) is 4.88. The second-order valence-corrected chi connectivity index (χ2v) is 9.09. The van der Waals surface area contributed by atoms with E-state index in [1.54, 1.807) is 0 Å². The second-order valence-electron chi connectivity index (χ2n) is 9.09. The second kappa shape index (κ2) is 7.51. The van der Waals surface area contributed by atoms with Gasteiger partial charge in [0.1, 0.15) is 0 Å². The fourth-order valence-electron chi connectivity index (χ4n) is 5.89. The Hall–Kier alpha value is -1.87. The van der Waals surface area contributed by atoms with Crippen molar-refractivity contribution in [3.8, 4) is 0 Å². The zero-order chi connectivity index (χ0) is 19.1. The van der Waals surface area contributed by atoms with E-state index in [1.807, 2.05) is 6.07 Å². The highest BCUT2D eigenvalue weighted by atomic mass is 16.1. The Bertz CT molecular complexity index is 883. The molecule has 1 heterocycles. The first-order valence-electron chi connectivity index (χ1n) is 11.3. The lowest BCUT2D eigenvalue weighted by molar-refractivity contribution is 0.1000. The van der Waals surface area contributed by atoms with Gasteiger partial charge < -0.3 is 4.90 Å². The van der Waals surface area contributed by atoms with Crippen molar-refractivity contribution < 1.29 is 4.79 Å². The maximum absolute atomic E-state index is 12.3. The van der Waals surface area contributed by atoms with Gasteiger partial charge in [0.15, 0.2) is 5.78 Å². The van der Waals surface area contributed by atoms with Gasteiger partial charge in [-0.25, -0.2) is 0 Å². The minimum Gasteiger partial charge on any atom is -0.370 e. The van der Waals surface area contributed by atoms with Crippen LogP contribution in [0.15, 0.2) is 30.3 Å². The first-order chi connectivity index (χ1) is 13.7. The van der Waals surface area contributed by atoms with E-state index in [-0.39, 0.29) is 5.78 Å². The first kappa shape index (κ1) is 18.2. The number of anilines is 1. The maximum Gasteiger partial charge on any atom is 0.167 e. The molecule has 148 valence electrons. The predicted octanol–water partition coefficient (Wildman–Crippen LogP) is 5.06. The Morgan fingerprint density at radius 1 is 0.929 bits per heavy atom. The van der Waals surface area contributed by atoms with Gasteiger partial charge in [-0.15, -0.1) is 0 Å². The third kappa shape index (κ3) is 3.14. The van der Waals surface area contributed by atoms with Gasteiger partial charge in [0.25, 0.3) is 0 Å². The van der Waals surface area contributed by atoms with Gasteiger partial charge in [-0.05, 0) is 49.1 Å². The third-order valence-corrected chi connectivity index (χ3v) is 7.53. The fraction of sp³-hybridized carbons (Fsp3) is 0.560. The molecule has 0 amide bonds. The van der Waals surface area contributed by atoms with Gasteiger partial charge in [0.2, 0.25) is 0 Å². The molecule has 2 aromatic rings. The van der Waals surface area contributed by atoms with Crippen molar-refractivity contribution >= 4 is 22.2 Å². The van der Waals surface area contributed by atoms with Gasteiger partial charge in [-0.3, -0.25) is 9.69 Å². The average Bonchev–Trinajstić information content (AvgIpc) is 2.92. The molecule has 1 saturated heterocycles. The van der Waals surface area contributed by atoms with Gasteiger partial charge in [-0.2, -0.15) is 0 Å². The molecule has 1 atom stereocenters. The highest BCUT2D eigenvalue weighted by molar-refractivity contribution is 6.17. The molecular weight excluding hydrogens is 344 g/mol. The van der Waals surface area contributed by atoms with Crippen LogP contribution in [0.5, 0.6) is 0 Å². The van der Waals surface area contributed by atoms with Crippen LogP contribution in [0.2, 0.25) is 0 Å². The minimum atomic E-state index is 0.279. The molecule has 3 aliphatic rings. The average molecular weight is 377 g/mol. The summed E-state index contributed by atoms with van der Waals surface area (Å²) in [5, 5.41) is 2.48. The van der Waals surface area contributed by atoms with E-state index in [0.29, 0.717) is 12.5 Å². The Morgan fingerprint density at radius 3 is 2.64 bits per heavy atom. The summed E-state index contributed by atoms with van der Waals surface area (Å²) in [7, 11) is 0. The van der Waals surface area contributed by atoms with Gasteiger partial charge >= 0.3 is 0 Å². The van der Waals surface area contributed by atoms with Gasteiger partial charge in [0, 0.05) is 55.3 Å². The normalized spacial score (nSPS) is 22.6. The van der Waals surface area contributed by atoms with Crippen LogP contribution in [-0.4, -0.2) is 42.9 Å². The Morgan fingerprint density at radius 2 is 1.79 bits per heavy atom. The summed E-state index contributed by atoms with van der Waals surface area (Å²) in [6, 6.07) is 11.4. The molecule has 0 radical (unpaired) electrons. The lowest BCUT2D eigenvalue weighted by Gasteiger charge is -2.36. The molecule has 1 aliphatic heterocycles. The molecule has 28 heavy (non-hydrogen) atoms. The van der Waals surface area contributed by atoms with E-state index in [2.05, 4.69) is 41.0 Å². The number of carbonyl (C=O) groups is 1. The van der Waals surface area contributed by atoms with Gasteiger partial charge in [0.05, 0.1) is 0 Å². The van der Waals surface area contributed by atoms with E-state index in [4.69, 9.17) is 0 Å². The van der Waals surface area contributed by atoms with Crippen LogP contribution in [-0.2, 0) is 6.42 Å². The third-order valence-electron chi connectivity index (χ3n) is 7.53. The van der Waals surface area contributed by atoms with Crippen LogP contribution >= 0.6 is 0 Å². The summed E-state index contributed by atoms with van der Waals surface area (Å²) >= 11 is 0. The Labute approximate surface area is 168 Å². The highest BCUT2D eigenvalue weighted by Gasteiger charge is 2.28. The standard InChI is InChI=1S/C25H32N2O/c1-18(19-7-3-2-4-8-19)26-13-6-14-27(16-15-26)23-12-11-20-17-24(28)22-10-5-9-21(23)25(20)22/h5,9-12,18-19H,2-4,6-8,13-17H2,1H3. The number of ketones is 1. The molecule has 2 fully saturated rings.